The van der Waals surface area contributed by atoms with Crippen LogP contribution in [0.25, 0.3) is 94.5 Å². The molecule has 0 saturated heterocycles. The molecule has 3 aromatic heterocycles. The molecule has 0 fully saturated rings. The van der Waals surface area contributed by atoms with Crippen molar-refractivity contribution in [3.63, 3.8) is 0 Å². The molecule has 12 aromatic carbocycles. The van der Waals surface area contributed by atoms with Crippen LogP contribution in [0.1, 0.15) is 110 Å². The van der Waals surface area contributed by atoms with Crippen LogP contribution in [-0.4, -0.2) is 22.2 Å². The quantitative estimate of drug-likeness (QED) is 0.0499. The van der Waals surface area contributed by atoms with Gasteiger partial charge in [-0.1, -0.05) is 259 Å². The lowest BCUT2D eigenvalue weighted by atomic mass is 9.84. The highest BCUT2D eigenvalue weighted by Gasteiger charge is 2.45. The number of fused-ring (bicyclic) bond motifs is 4. The zero-order chi connectivity index (χ0) is 93.7. The molecule has 456 valence electrons. The van der Waals surface area contributed by atoms with Crippen LogP contribution in [0.4, 0.5) is 0 Å². The summed E-state index contributed by atoms with van der Waals surface area (Å²) in [4.78, 5) is 4.85. The van der Waals surface area contributed by atoms with Gasteiger partial charge < -0.3 is 4.74 Å². The number of benzene rings is 12. The predicted octanol–water partition coefficient (Wildman–Crippen LogP) is 19.2. The fourth-order valence-electron chi connectivity index (χ4n) is 12.1. The summed E-state index contributed by atoms with van der Waals surface area (Å²) in [6.07, 6.45) is 5.08. The van der Waals surface area contributed by atoms with Gasteiger partial charge in [-0.05, 0) is 185 Å². The molecule has 0 aliphatic carbocycles. The minimum Gasteiger partial charge on any atom is -0.458 e. The van der Waals surface area contributed by atoms with Crippen molar-refractivity contribution in [2.45, 2.75) is 66.1 Å². The molecule has 0 unspecified atom stereocenters. The van der Waals surface area contributed by atoms with E-state index in [1.807, 2.05) is 47.0 Å². The second-order valence-corrected chi connectivity index (χ2v) is 27.9. The van der Waals surface area contributed by atoms with Gasteiger partial charge >= 0.3 is 0 Å². The third-order valence-electron chi connectivity index (χ3n) is 16.6. The van der Waals surface area contributed by atoms with Crippen LogP contribution >= 0.6 is 0 Å². The number of aryl methyl sites for hydroxylation is 2. The van der Waals surface area contributed by atoms with Gasteiger partial charge in [0.1, 0.15) is 17.3 Å². The van der Waals surface area contributed by atoms with Crippen molar-refractivity contribution in [2.24, 2.45) is 0 Å². The van der Waals surface area contributed by atoms with Crippen molar-refractivity contribution >= 4 is 61.7 Å². The smallest absolute Gasteiger partial charge is 0.269 e. The van der Waals surface area contributed by atoms with E-state index in [1.165, 1.54) is 65.2 Å². The van der Waals surface area contributed by atoms with E-state index in [-0.39, 0.29) is 50.3 Å². The molecule has 0 N–H and O–H groups in total. The van der Waals surface area contributed by atoms with E-state index in [2.05, 4.69) is 27.1 Å². The normalized spacial score (nSPS) is 17.4. The average molecular weight is 1270 g/mol. The van der Waals surface area contributed by atoms with Gasteiger partial charge in [-0.15, -0.1) is 0 Å². The molecule has 94 heavy (non-hydrogen) atoms. The fourth-order valence-corrected chi connectivity index (χ4v) is 16.1. The molecule has 0 saturated carbocycles. The number of pyridine rings is 1. The first-order valence-corrected chi connectivity index (χ1v) is 31.9. The molecular weight excluding hydrogens is 1160 g/mol. The Morgan fingerprint density at radius 3 is 1.64 bits per heavy atom. The molecule has 15 rings (SSSR count). The molecule has 0 atom stereocenters. The molecule has 0 spiro atoms. The van der Waals surface area contributed by atoms with Crippen LogP contribution in [0.2, 0.25) is 0 Å². The zero-order valence-corrected chi connectivity index (χ0v) is 52.4. The van der Waals surface area contributed by atoms with Gasteiger partial charge in [0, 0.05) is 31.3 Å². The van der Waals surface area contributed by atoms with E-state index < -0.39 is 267 Å². The summed E-state index contributed by atoms with van der Waals surface area (Å²) in [5.74, 6) is 0.918. The number of para-hydroxylation sites is 1. The van der Waals surface area contributed by atoms with Crippen LogP contribution in [0.15, 0.2) is 303 Å². The number of aromatic nitrogens is 4. The van der Waals surface area contributed by atoms with Crippen molar-refractivity contribution in [3.05, 3.63) is 331 Å². The van der Waals surface area contributed by atoms with Crippen molar-refractivity contribution in [3.8, 4) is 73.2 Å². The Morgan fingerprint density at radius 2 is 1.03 bits per heavy atom. The third-order valence-corrected chi connectivity index (χ3v) is 20.7. The third kappa shape index (κ3) is 10.7. The monoisotopic (exact) mass is 1260 g/mol. The molecule has 15 aromatic rings. The summed E-state index contributed by atoms with van der Waals surface area (Å²) in [5, 5.41) is -2.25. The van der Waals surface area contributed by atoms with Crippen LogP contribution in [0.3, 0.4) is 0 Å². The van der Waals surface area contributed by atoms with Crippen LogP contribution < -0.4 is 30.1 Å². The fraction of sp³-hybridized carbons (Fsp3) is 0.114. The van der Waals surface area contributed by atoms with Gasteiger partial charge in [-0.2, -0.15) is 0 Å². The Morgan fingerprint density at radius 1 is 0.468 bits per heavy atom. The molecule has 3 heterocycles. The summed E-state index contributed by atoms with van der Waals surface area (Å²) in [6.45, 7) is 4.82. The molecule has 0 radical (unpaired) electrons. The maximum Gasteiger partial charge on any atom is 0.269 e. The average Bonchev–Trinajstić information content (AvgIpc) is 0.881. The first-order chi connectivity index (χ1) is 59.7. The standard InChI is InChI=1S/C88H74N4OSi/c1-60-28-26-29-61(2)85(60)64-44-47-80-82(53-64)90(70-34-27-35-71(57-70)93-72-45-46-77-76-42-24-25-43-79(76)92(81(77)58-72)84-56-68(48-49-89-84)87(3,4)5)59-91(80)86-78(67-51-65(62-30-14-9-15-31-62)50-66(52-67)63-32-16-10-17-33-63)54-69(88(6,7)8)55-83(86)94(73-36-18-11-19-37-73,74-38-20-12-21-39-74)75-40-22-13-23-41-75/h9-58H,1-8H3/i1D3,2D3,9D,10D,11D,12D,13D,14D,15D,16D,17D,18D,19D,20D,21D,22D,23D,30D,31D,32D,33D,36D,37D,38D,39D,40D,41D,50D,51D,52D. The van der Waals surface area contributed by atoms with E-state index in [1.54, 1.807) is 51.2 Å². The highest BCUT2D eigenvalue weighted by atomic mass is 28.3. The van der Waals surface area contributed by atoms with Crippen molar-refractivity contribution in [1.29, 1.82) is 0 Å². The number of imidazole rings is 1. The predicted molar refractivity (Wildman–Crippen MR) is 395 cm³/mol. The SMILES string of the molecule is [2H]c1c([2H])c([2H])c(-c2c([2H])c(-c3cc(C(C)(C)C)cc([Si](c4c([2H])c([2H])c([2H])c([2H])c4[2H])(c4c([2H])c([2H])c([2H])c([2H])c4[2H])c4c([2H])c([2H])c([2H])c([2H])c4[2H])c3-[n+]3[c-]n(-c4cccc(Oc5ccc6c7ccccc7n(-c7cc(C(C)(C)C)ccn7)c6c5)c4)c4cc(-c5c(C([2H])([2H])[2H])cccc5C([2H])([2H])[2H])ccc43)c([2H])c(-c3c([2H])c([2H])c([2H])c([2H])c3[2H])c2[2H])c([2H])c1[2H]. The van der Waals surface area contributed by atoms with Crippen LogP contribution in [0, 0.1) is 20.0 Å². The minimum absolute atomic E-state index is 0.0228. The number of nitrogens with zero attached hydrogens (tertiary/aromatic N) is 4. The Balaban J connectivity index is 1.22. The van der Waals surface area contributed by atoms with E-state index in [0.717, 1.165) is 26.4 Å². The maximum absolute atomic E-state index is 11.0. The van der Waals surface area contributed by atoms with Crippen molar-refractivity contribution in [2.75, 3.05) is 0 Å². The first kappa shape index (κ1) is 32.6. The van der Waals surface area contributed by atoms with Gasteiger partial charge in [0.25, 0.3) is 6.33 Å². The molecule has 0 amide bonds. The Kier molecular flexibility index (Phi) is 8.30. The second kappa shape index (κ2) is 24.0. The molecule has 5 nitrogen and oxygen atoms in total. The lowest BCUT2D eigenvalue weighted by Crippen LogP contribution is -2.76. The first-order valence-electron chi connectivity index (χ1n) is 46.9. The summed E-state index contributed by atoms with van der Waals surface area (Å²) < 4.78 is 338. The summed E-state index contributed by atoms with van der Waals surface area (Å²) in [7, 11) is -6.72. The van der Waals surface area contributed by atoms with E-state index in [9.17, 15) is 30.2 Å². The Labute approximate surface area is 601 Å². The topological polar surface area (TPSA) is 35.9 Å². The molecule has 6 heteroatoms. The van der Waals surface area contributed by atoms with E-state index >= 15 is 0 Å². The highest BCUT2D eigenvalue weighted by Crippen LogP contribution is 2.41. The number of ether oxygens (including phenoxy) is 1. The van der Waals surface area contributed by atoms with E-state index in [4.69, 9.17) is 26.2 Å². The van der Waals surface area contributed by atoms with Gasteiger partial charge in [0.05, 0.1) is 71.8 Å². The lowest BCUT2D eigenvalue weighted by Gasteiger charge is -2.38. The molecular formula is C88H74N4OSi. The van der Waals surface area contributed by atoms with Crippen LogP contribution in [0.5, 0.6) is 11.5 Å². The van der Waals surface area contributed by atoms with Crippen molar-refractivity contribution < 1.29 is 55.9 Å². The molecule has 0 aliphatic heterocycles. The van der Waals surface area contributed by atoms with Gasteiger partial charge in [-0.25, -0.2) is 4.98 Å². The second-order valence-electron chi connectivity index (χ2n) is 24.4. The summed E-state index contributed by atoms with van der Waals surface area (Å²) >= 11 is 0. The lowest BCUT2D eigenvalue weighted by molar-refractivity contribution is -0.570. The van der Waals surface area contributed by atoms with Gasteiger partial charge in [0.2, 0.25) is 0 Å². The molecule has 0 aliphatic rings. The summed E-state index contributed by atoms with van der Waals surface area (Å²) in [5.41, 5.74) is -7.46. The van der Waals surface area contributed by atoms with Crippen LogP contribution in [-0.2, 0) is 10.8 Å². The Hall–Kier alpha value is -10.9. The summed E-state index contributed by atoms with van der Waals surface area (Å²) in [6, 6.07) is 1.30. The minimum atomic E-state index is -6.72. The molecule has 0 bridgehead atoms. The van der Waals surface area contributed by atoms with Crippen molar-refractivity contribution in [1.82, 2.24) is 14.1 Å². The zero-order valence-electron chi connectivity index (χ0n) is 85.4. The van der Waals surface area contributed by atoms with E-state index in [0.29, 0.717) is 11.3 Å². The highest BCUT2D eigenvalue weighted by molar-refractivity contribution is 7.20. The number of hydrogen-bond donors (Lipinski definition) is 0. The maximum atomic E-state index is 11.0. The Bertz CT molecular complexity index is 6900. The largest absolute Gasteiger partial charge is 0.458 e. The van der Waals surface area contributed by atoms with Gasteiger partial charge in [0.15, 0.2) is 8.07 Å². The number of hydrogen-bond acceptors (Lipinski definition) is 2. The number of rotatable bonds is 13. The van der Waals surface area contributed by atoms with Gasteiger partial charge in [-0.3, -0.25) is 13.7 Å².